The molecule has 1 fully saturated rings. The highest BCUT2D eigenvalue weighted by Crippen LogP contribution is 2.29. The number of aryl methyl sites for hydroxylation is 1. The molecule has 10 nitrogen and oxygen atoms in total. The van der Waals surface area contributed by atoms with E-state index < -0.39 is 24.6 Å². The van der Waals surface area contributed by atoms with Gasteiger partial charge in [-0.2, -0.15) is 8.78 Å². The van der Waals surface area contributed by atoms with Crippen molar-refractivity contribution >= 4 is 28.4 Å². The smallest absolute Gasteiger partial charge is 0.439 e. The number of rotatable bonds is 10. The molecule has 2 aromatic heterocycles. The predicted molar refractivity (Wildman–Crippen MR) is 173 cm³/mol. The normalized spacial score (nSPS) is 13.8. The third-order valence-electron chi connectivity index (χ3n) is 8.02. The Hall–Kier alpha value is -5.70. The third kappa shape index (κ3) is 8.47. The van der Waals surface area contributed by atoms with Crippen molar-refractivity contribution in [3.63, 3.8) is 0 Å². The van der Waals surface area contributed by atoms with Crippen molar-refractivity contribution in [2.24, 2.45) is 7.05 Å². The first-order valence-electron chi connectivity index (χ1n) is 15.4. The van der Waals surface area contributed by atoms with Crippen LogP contribution in [0.1, 0.15) is 26.4 Å². The lowest BCUT2D eigenvalue weighted by atomic mass is 10.2. The van der Waals surface area contributed by atoms with Gasteiger partial charge < -0.3 is 29.0 Å². The first kappa shape index (κ1) is 34.2. The average molecular weight is 696 g/mol. The first-order chi connectivity index (χ1) is 23.9. The lowest BCUT2D eigenvalue weighted by Gasteiger charge is -2.34. The molecule has 0 atom stereocenters. The van der Waals surface area contributed by atoms with Crippen molar-refractivity contribution in [3.05, 3.63) is 108 Å². The van der Waals surface area contributed by atoms with Crippen LogP contribution in [0, 0.1) is 0 Å². The van der Waals surface area contributed by atoms with Gasteiger partial charge in [-0.3, -0.25) is 14.5 Å². The van der Waals surface area contributed by atoms with Gasteiger partial charge in [0.05, 0.1) is 17.4 Å². The number of pyridine rings is 1. The molecule has 0 radical (unpaired) electrons. The fourth-order valence-corrected chi connectivity index (χ4v) is 5.53. The summed E-state index contributed by atoms with van der Waals surface area (Å²) >= 11 is 0. The Kier molecular flexibility index (Phi) is 9.86. The van der Waals surface area contributed by atoms with Crippen molar-refractivity contribution in [1.29, 1.82) is 0 Å². The number of ether oxygens (including phenoxy) is 3. The lowest BCUT2D eigenvalue weighted by Crippen LogP contribution is -2.48. The van der Waals surface area contributed by atoms with Gasteiger partial charge >= 0.3 is 13.0 Å². The highest BCUT2D eigenvalue weighted by molar-refractivity contribution is 6.04. The largest absolute Gasteiger partial charge is 0.573 e. The highest BCUT2D eigenvalue weighted by Gasteiger charge is 2.31. The molecule has 0 unspecified atom stereocenters. The molecule has 6 rings (SSSR count). The van der Waals surface area contributed by atoms with Crippen molar-refractivity contribution < 1.29 is 45.8 Å². The molecule has 3 heterocycles. The number of carbonyl (C=O) groups excluding carboxylic acids is 2. The molecular weight excluding hydrogens is 665 g/mol. The maximum atomic E-state index is 13.5. The number of anilines is 1. The van der Waals surface area contributed by atoms with Crippen LogP contribution in [0.4, 0.5) is 27.6 Å². The quantitative estimate of drug-likeness (QED) is 0.156. The SMILES string of the molecule is Cn1c(C(=O)N2CCN(Cc3ccc(OC(F)F)cc3)CC2)cc2ccc(Oc3ccc(NC(=O)c4ccc(OC(F)(F)F)cc4)cn3)cc21. The van der Waals surface area contributed by atoms with E-state index in [-0.39, 0.29) is 23.1 Å². The maximum absolute atomic E-state index is 13.5. The number of hydrogen-bond acceptors (Lipinski definition) is 7. The molecule has 3 aromatic carbocycles. The van der Waals surface area contributed by atoms with E-state index in [9.17, 15) is 31.5 Å². The molecule has 0 bridgehead atoms. The number of hydrogen-bond donors (Lipinski definition) is 1. The zero-order chi connectivity index (χ0) is 35.4. The molecule has 1 saturated heterocycles. The van der Waals surface area contributed by atoms with Crippen molar-refractivity contribution in [2.45, 2.75) is 19.5 Å². The summed E-state index contributed by atoms with van der Waals surface area (Å²) in [5, 5.41) is 3.47. The van der Waals surface area contributed by atoms with Crippen molar-refractivity contribution in [3.8, 4) is 23.1 Å². The summed E-state index contributed by atoms with van der Waals surface area (Å²) in [6.07, 6.45) is -3.45. The molecular formula is C35H30F5N5O5. The fourth-order valence-electron chi connectivity index (χ4n) is 5.53. The van der Waals surface area contributed by atoms with Gasteiger partial charge in [-0.15, -0.1) is 13.2 Å². The zero-order valence-electron chi connectivity index (χ0n) is 26.5. The van der Waals surface area contributed by atoms with Gasteiger partial charge in [0.1, 0.15) is 22.9 Å². The van der Waals surface area contributed by atoms with Crippen LogP contribution in [-0.4, -0.2) is 70.3 Å². The van der Waals surface area contributed by atoms with E-state index in [1.807, 2.05) is 28.6 Å². The monoisotopic (exact) mass is 695 g/mol. The number of benzene rings is 3. The van der Waals surface area contributed by atoms with E-state index in [2.05, 4.69) is 24.7 Å². The van der Waals surface area contributed by atoms with E-state index in [0.717, 1.165) is 28.6 Å². The number of nitrogens with zero attached hydrogens (tertiary/aromatic N) is 4. The number of carbonyl (C=O) groups is 2. The molecule has 15 heteroatoms. The number of nitrogens with one attached hydrogen (secondary N) is 1. The number of halogens is 5. The van der Waals surface area contributed by atoms with Gasteiger partial charge in [0.15, 0.2) is 0 Å². The van der Waals surface area contributed by atoms with Crippen molar-refractivity contribution in [1.82, 2.24) is 19.4 Å². The van der Waals surface area contributed by atoms with Crippen LogP contribution in [-0.2, 0) is 13.6 Å². The van der Waals surface area contributed by atoms with Crippen LogP contribution in [0.3, 0.4) is 0 Å². The molecule has 0 saturated carbocycles. The number of amides is 2. The van der Waals surface area contributed by atoms with Crippen LogP contribution < -0.4 is 19.5 Å². The molecule has 50 heavy (non-hydrogen) atoms. The molecule has 2 amide bonds. The molecule has 1 N–H and O–H groups in total. The Morgan fingerprint density at radius 1 is 0.860 bits per heavy atom. The summed E-state index contributed by atoms with van der Waals surface area (Å²) in [5.41, 5.74) is 2.74. The zero-order valence-corrected chi connectivity index (χ0v) is 26.5. The van der Waals surface area contributed by atoms with Gasteiger partial charge in [-0.05, 0) is 66.2 Å². The van der Waals surface area contributed by atoms with E-state index in [4.69, 9.17) is 4.74 Å². The minimum Gasteiger partial charge on any atom is -0.439 e. The maximum Gasteiger partial charge on any atom is 0.573 e. The standard InChI is InChI=1S/C35H30F5N5O5/c1-43-29-19-28(48-31-13-7-25(20-41-31)42-32(46)23-4-10-27(11-5-23)50-35(38,39)40)12-6-24(29)18-30(43)33(47)45-16-14-44(15-17-45)21-22-2-8-26(9-3-22)49-34(36)37/h2-13,18-20,34H,14-17,21H2,1H3,(H,42,46). The van der Waals surface area contributed by atoms with Gasteiger partial charge in [-0.1, -0.05) is 12.1 Å². The van der Waals surface area contributed by atoms with Crippen LogP contribution >= 0.6 is 0 Å². The number of alkyl halides is 5. The van der Waals surface area contributed by atoms with Crippen molar-refractivity contribution in [2.75, 3.05) is 31.5 Å². The topological polar surface area (TPSA) is 98.2 Å². The first-order valence-corrected chi connectivity index (χ1v) is 15.4. The molecule has 0 aliphatic carbocycles. The van der Waals surface area contributed by atoms with Gasteiger partial charge in [0.2, 0.25) is 5.88 Å². The van der Waals surface area contributed by atoms with E-state index in [0.29, 0.717) is 49.9 Å². The average Bonchev–Trinajstić information content (AvgIpc) is 3.41. The van der Waals surface area contributed by atoms with E-state index >= 15 is 0 Å². The Balaban J connectivity index is 1.03. The molecule has 260 valence electrons. The second kappa shape index (κ2) is 14.4. The summed E-state index contributed by atoms with van der Waals surface area (Å²) in [5.74, 6) is -0.243. The molecule has 1 aliphatic heterocycles. The lowest BCUT2D eigenvalue weighted by molar-refractivity contribution is -0.274. The minimum absolute atomic E-state index is 0.0933. The number of aromatic nitrogens is 2. The van der Waals surface area contributed by atoms with Crippen LogP contribution in [0.25, 0.3) is 10.9 Å². The number of fused-ring (bicyclic) bond motifs is 1. The van der Waals surface area contributed by atoms with Gasteiger partial charge in [0.25, 0.3) is 11.8 Å². The summed E-state index contributed by atoms with van der Waals surface area (Å²) in [6.45, 7) is 0.146. The van der Waals surface area contributed by atoms with E-state index in [1.54, 1.807) is 36.4 Å². The summed E-state index contributed by atoms with van der Waals surface area (Å²) in [7, 11) is 1.81. The third-order valence-corrected chi connectivity index (χ3v) is 8.02. The predicted octanol–water partition coefficient (Wildman–Crippen LogP) is 7.08. The Bertz CT molecular complexity index is 1960. The minimum atomic E-state index is -4.83. The van der Waals surface area contributed by atoms with Gasteiger partial charge in [0, 0.05) is 62.9 Å². The number of piperazine rings is 1. The Morgan fingerprint density at radius 2 is 1.54 bits per heavy atom. The van der Waals surface area contributed by atoms with E-state index in [1.165, 1.54) is 30.5 Å². The second-order valence-electron chi connectivity index (χ2n) is 11.4. The van der Waals surface area contributed by atoms with Gasteiger partial charge in [-0.25, -0.2) is 4.98 Å². The molecule has 0 spiro atoms. The summed E-state index contributed by atoms with van der Waals surface area (Å²) in [4.78, 5) is 34.3. The highest BCUT2D eigenvalue weighted by atomic mass is 19.4. The van der Waals surface area contributed by atoms with Crippen LogP contribution in [0.5, 0.6) is 23.1 Å². The summed E-state index contributed by atoms with van der Waals surface area (Å²) in [6, 6.07) is 21.4. The Labute approximate surface area is 282 Å². The molecule has 5 aromatic rings. The second-order valence-corrected chi connectivity index (χ2v) is 11.4. The molecule has 1 aliphatic rings. The van der Waals surface area contributed by atoms with Crippen LogP contribution in [0.2, 0.25) is 0 Å². The Morgan fingerprint density at radius 3 is 2.18 bits per heavy atom. The fraction of sp³-hybridized carbons (Fsp3) is 0.229. The van der Waals surface area contributed by atoms with Crippen LogP contribution in [0.15, 0.2) is 91.1 Å². The summed E-state index contributed by atoms with van der Waals surface area (Å²) < 4.78 is 77.9.